The molecule has 2 aromatic rings. The van der Waals surface area contributed by atoms with E-state index in [9.17, 15) is 9.59 Å². The van der Waals surface area contributed by atoms with Crippen LogP contribution in [0.2, 0.25) is 5.02 Å². The van der Waals surface area contributed by atoms with Crippen LogP contribution in [0.25, 0.3) is 11.1 Å². The maximum atomic E-state index is 12.8. The third-order valence-electron chi connectivity index (χ3n) is 5.48. The van der Waals surface area contributed by atoms with Crippen molar-refractivity contribution in [2.24, 2.45) is 5.92 Å². The highest BCUT2D eigenvalue weighted by molar-refractivity contribution is 6.33. The molecule has 29 heavy (non-hydrogen) atoms. The van der Waals surface area contributed by atoms with Crippen LogP contribution in [0.1, 0.15) is 38.3 Å². The van der Waals surface area contributed by atoms with Crippen LogP contribution in [0.4, 0.5) is 5.82 Å². The van der Waals surface area contributed by atoms with E-state index >= 15 is 0 Å². The Bertz CT molecular complexity index is 929. The van der Waals surface area contributed by atoms with E-state index in [-0.39, 0.29) is 23.8 Å². The zero-order valence-corrected chi connectivity index (χ0v) is 17.0. The van der Waals surface area contributed by atoms with Crippen LogP contribution in [0.15, 0.2) is 18.5 Å². The molecule has 1 aliphatic heterocycles. The summed E-state index contributed by atoms with van der Waals surface area (Å²) in [5.74, 6) is 0.154. The standard InChI is InChI=1S/C20H24ClN5O3/c1-12(27)24-14-4-2-3-13(7-14)20(28)25-19-8-15(17(21)10-22-19)16-9-23-26-5-6-29-11-18(16)26/h8-10,13-14H,2-7,11H2,1H3,(H,24,27)(H,22,25,28)/t13-,14?/m1/s1. The number of hydrogen-bond acceptors (Lipinski definition) is 5. The van der Waals surface area contributed by atoms with Crippen molar-refractivity contribution in [1.82, 2.24) is 20.1 Å². The van der Waals surface area contributed by atoms with E-state index in [0.29, 0.717) is 37.0 Å². The van der Waals surface area contributed by atoms with E-state index in [2.05, 4.69) is 20.7 Å². The molecule has 0 bridgehead atoms. The van der Waals surface area contributed by atoms with Crippen LogP contribution in [0, 0.1) is 5.92 Å². The summed E-state index contributed by atoms with van der Waals surface area (Å²) < 4.78 is 7.46. The highest BCUT2D eigenvalue weighted by Crippen LogP contribution is 2.33. The van der Waals surface area contributed by atoms with Crippen LogP contribution < -0.4 is 10.6 Å². The SMILES string of the molecule is CC(=O)NC1CCC[C@@H](C(=O)Nc2cc(-c3cnn4c3COCC4)c(Cl)cn2)C1. The van der Waals surface area contributed by atoms with E-state index in [4.69, 9.17) is 16.3 Å². The predicted octanol–water partition coefficient (Wildman–Crippen LogP) is 2.76. The molecular formula is C20H24ClN5O3. The Labute approximate surface area is 174 Å². The molecule has 0 saturated heterocycles. The molecule has 3 heterocycles. The van der Waals surface area contributed by atoms with Crippen molar-refractivity contribution < 1.29 is 14.3 Å². The van der Waals surface area contributed by atoms with Gasteiger partial charge in [0.05, 0.1) is 36.7 Å². The number of nitrogens with one attached hydrogen (secondary N) is 2. The Morgan fingerprint density at radius 2 is 2.14 bits per heavy atom. The van der Waals surface area contributed by atoms with Crippen LogP contribution in [-0.4, -0.2) is 39.2 Å². The van der Waals surface area contributed by atoms with Gasteiger partial charge in [0.15, 0.2) is 0 Å². The average Bonchev–Trinajstić information content (AvgIpc) is 3.13. The Morgan fingerprint density at radius 1 is 1.28 bits per heavy atom. The molecule has 2 N–H and O–H groups in total. The summed E-state index contributed by atoms with van der Waals surface area (Å²) in [5, 5.41) is 10.7. The summed E-state index contributed by atoms with van der Waals surface area (Å²) in [5.41, 5.74) is 2.62. The third-order valence-corrected chi connectivity index (χ3v) is 5.79. The third kappa shape index (κ3) is 4.43. The molecular weight excluding hydrogens is 394 g/mol. The van der Waals surface area contributed by atoms with Gasteiger partial charge in [0, 0.05) is 36.2 Å². The molecule has 0 aromatic carbocycles. The summed E-state index contributed by atoms with van der Waals surface area (Å²) in [6, 6.07) is 1.82. The minimum atomic E-state index is -0.154. The summed E-state index contributed by atoms with van der Waals surface area (Å²) >= 11 is 6.39. The lowest BCUT2D eigenvalue weighted by Crippen LogP contribution is -2.40. The molecule has 9 heteroatoms. The lowest BCUT2D eigenvalue weighted by Gasteiger charge is -2.28. The van der Waals surface area contributed by atoms with Crippen molar-refractivity contribution in [3.05, 3.63) is 29.2 Å². The number of aromatic nitrogens is 3. The van der Waals surface area contributed by atoms with E-state index in [1.807, 2.05) is 4.68 Å². The van der Waals surface area contributed by atoms with Crippen molar-refractivity contribution in [3.63, 3.8) is 0 Å². The fraction of sp³-hybridized carbons (Fsp3) is 0.500. The normalized spacial score (nSPS) is 21.3. The number of carbonyl (C=O) groups excluding carboxylic acids is 2. The number of hydrogen-bond donors (Lipinski definition) is 2. The van der Waals surface area contributed by atoms with Crippen molar-refractivity contribution in [3.8, 4) is 11.1 Å². The van der Waals surface area contributed by atoms with Gasteiger partial charge in [-0.2, -0.15) is 5.10 Å². The molecule has 2 amide bonds. The molecule has 2 atom stereocenters. The number of amides is 2. The molecule has 8 nitrogen and oxygen atoms in total. The minimum absolute atomic E-state index is 0.0460. The van der Waals surface area contributed by atoms with E-state index in [1.165, 1.54) is 6.92 Å². The molecule has 1 saturated carbocycles. The quantitative estimate of drug-likeness (QED) is 0.797. The molecule has 2 aliphatic rings. The van der Waals surface area contributed by atoms with Crippen LogP contribution in [-0.2, 0) is 27.5 Å². The molecule has 1 fully saturated rings. The Morgan fingerprint density at radius 3 is 2.97 bits per heavy atom. The Kier molecular flexibility index (Phi) is 5.82. The van der Waals surface area contributed by atoms with E-state index in [1.54, 1.807) is 18.5 Å². The number of rotatable bonds is 4. The van der Waals surface area contributed by atoms with Gasteiger partial charge in [-0.15, -0.1) is 0 Å². The van der Waals surface area contributed by atoms with Crippen molar-refractivity contribution in [1.29, 1.82) is 0 Å². The van der Waals surface area contributed by atoms with Gasteiger partial charge in [-0.3, -0.25) is 14.3 Å². The van der Waals surface area contributed by atoms with Crippen LogP contribution in [0.3, 0.4) is 0 Å². The van der Waals surface area contributed by atoms with Gasteiger partial charge in [0.25, 0.3) is 0 Å². The highest BCUT2D eigenvalue weighted by Gasteiger charge is 2.28. The summed E-state index contributed by atoms with van der Waals surface area (Å²) in [4.78, 5) is 28.4. The van der Waals surface area contributed by atoms with Crippen LogP contribution >= 0.6 is 11.6 Å². The highest BCUT2D eigenvalue weighted by atomic mass is 35.5. The summed E-state index contributed by atoms with van der Waals surface area (Å²) in [6.45, 7) is 3.32. The lowest BCUT2D eigenvalue weighted by molar-refractivity contribution is -0.123. The molecule has 4 rings (SSSR count). The first-order chi connectivity index (χ1) is 14.0. The number of anilines is 1. The number of carbonyl (C=O) groups is 2. The molecule has 2 aromatic heterocycles. The number of halogens is 1. The van der Waals surface area contributed by atoms with Gasteiger partial charge in [-0.25, -0.2) is 4.98 Å². The fourth-order valence-electron chi connectivity index (χ4n) is 4.09. The smallest absolute Gasteiger partial charge is 0.228 e. The van der Waals surface area contributed by atoms with Gasteiger partial charge in [0.1, 0.15) is 5.82 Å². The fourth-order valence-corrected chi connectivity index (χ4v) is 4.29. The number of nitrogens with zero attached hydrogens (tertiary/aromatic N) is 3. The molecule has 154 valence electrons. The first-order valence-corrected chi connectivity index (χ1v) is 10.3. The zero-order chi connectivity index (χ0) is 20.4. The van der Waals surface area contributed by atoms with Gasteiger partial charge < -0.3 is 15.4 Å². The number of pyridine rings is 1. The number of ether oxygens (including phenoxy) is 1. The van der Waals surface area contributed by atoms with Gasteiger partial charge in [-0.1, -0.05) is 18.0 Å². The second-order valence-electron chi connectivity index (χ2n) is 7.58. The second kappa shape index (κ2) is 8.51. The van der Waals surface area contributed by atoms with Gasteiger partial charge in [-0.05, 0) is 25.3 Å². The monoisotopic (exact) mass is 417 g/mol. The largest absolute Gasteiger partial charge is 0.373 e. The van der Waals surface area contributed by atoms with Crippen molar-refractivity contribution >= 4 is 29.2 Å². The summed E-state index contributed by atoms with van der Waals surface area (Å²) in [7, 11) is 0. The first-order valence-electron chi connectivity index (χ1n) is 9.87. The van der Waals surface area contributed by atoms with Crippen molar-refractivity contribution in [2.75, 3.05) is 11.9 Å². The Balaban J connectivity index is 1.50. The molecule has 0 radical (unpaired) electrons. The average molecular weight is 418 g/mol. The van der Waals surface area contributed by atoms with E-state index < -0.39 is 0 Å². The minimum Gasteiger partial charge on any atom is -0.373 e. The van der Waals surface area contributed by atoms with E-state index in [0.717, 1.165) is 36.1 Å². The van der Waals surface area contributed by atoms with Gasteiger partial charge in [0.2, 0.25) is 11.8 Å². The molecule has 0 spiro atoms. The zero-order valence-electron chi connectivity index (χ0n) is 16.3. The van der Waals surface area contributed by atoms with Gasteiger partial charge >= 0.3 is 0 Å². The van der Waals surface area contributed by atoms with Crippen molar-refractivity contribution in [2.45, 2.75) is 51.8 Å². The maximum absolute atomic E-state index is 12.8. The number of fused-ring (bicyclic) bond motifs is 1. The first kappa shape index (κ1) is 19.8. The maximum Gasteiger partial charge on any atom is 0.228 e. The second-order valence-corrected chi connectivity index (χ2v) is 7.99. The molecule has 1 aliphatic carbocycles. The Hall–Kier alpha value is -2.45. The predicted molar refractivity (Wildman–Crippen MR) is 108 cm³/mol. The van der Waals surface area contributed by atoms with Crippen LogP contribution in [0.5, 0.6) is 0 Å². The molecule has 1 unspecified atom stereocenters. The topological polar surface area (TPSA) is 98.1 Å². The lowest BCUT2D eigenvalue weighted by atomic mass is 9.85. The summed E-state index contributed by atoms with van der Waals surface area (Å²) in [6.07, 6.45) is 6.57.